The summed E-state index contributed by atoms with van der Waals surface area (Å²) in [6.45, 7) is 2.33. The van der Waals surface area contributed by atoms with E-state index in [0.717, 1.165) is 40.5 Å². The quantitative estimate of drug-likeness (QED) is 0.351. The molecule has 2 nitrogen and oxygen atoms in total. The summed E-state index contributed by atoms with van der Waals surface area (Å²) in [5, 5.41) is 14.3. The molecule has 0 amide bonds. The molecule has 0 aliphatic heterocycles. The van der Waals surface area contributed by atoms with Crippen molar-refractivity contribution in [2.75, 3.05) is 0 Å². The van der Waals surface area contributed by atoms with Crippen molar-refractivity contribution in [2.45, 2.75) is 26.2 Å². The highest BCUT2D eigenvalue weighted by Crippen LogP contribution is 2.42. The molecule has 5 rings (SSSR count). The molecule has 1 aromatic heterocycles. The molecule has 0 spiro atoms. The van der Waals surface area contributed by atoms with E-state index < -0.39 is 0 Å². The van der Waals surface area contributed by atoms with Crippen LogP contribution in [0.2, 0.25) is 0 Å². The lowest BCUT2D eigenvalue weighted by Gasteiger charge is -2.26. The first kappa shape index (κ1) is 16.8. The van der Waals surface area contributed by atoms with E-state index >= 15 is 0 Å². The molecule has 0 fully saturated rings. The van der Waals surface area contributed by atoms with Crippen LogP contribution in [0.5, 0.6) is 5.75 Å². The second kappa shape index (κ2) is 6.35. The number of benzene rings is 3. The van der Waals surface area contributed by atoms with Crippen molar-refractivity contribution >= 4 is 37.6 Å². The van der Waals surface area contributed by atoms with Gasteiger partial charge in [-0.15, -0.1) is 0 Å². The lowest BCUT2D eigenvalue weighted by Crippen LogP contribution is -2.14. The van der Waals surface area contributed by atoms with Gasteiger partial charge in [0.2, 0.25) is 0 Å². The Bertz CT molecular complexity index is 1200. The first-order valence-electron chi connectivity index (χ1n) is 9.44. The Morgan fingerprint density at radius 2 is 1.89 bits per heavy atom. The molecule has 0 radical (unpaired) electrons. The Labute approximate surface area is 167 Å². The van der Waals surface area contributed by atoms with E-state index in [4.69, 9.17) is 4.98 Å². The smallest absolute Gasteiger partial charge is 0.125 e. The minimum Gasteiger partial charge on any atom is -0.507 e. The fourth-order valence-electron chi connectivity index (χ4n) is 4.41. The summed E-state index contributed by atoms with van der Waals surface area (Å²) in [6, 6.07) is 18.4. The third-order valence-electron chi connectivity index (χ3n) is 5.74. The van der Waals surface area contributed by atoms with Crippen LogP contribution in [-0.2, 0) is 12.8 Å². The largest absolute Gasteiger partial charge is 0.507 e. The van der Waals surface area contributed by atoms with Gasteiger partial charge in [0.1, 0.15) is 5.75 Å². The van der Waals surface area contributed by atoms with Crippen molar-refractivity contribution in [1.29, 1.82) is 0 Å². The average Bonchev–Trinajstić information content (AvgIpc) is 2.68. The van der Waals surface area contributed by atoms with Crippen molar-refractivity contribution in [2.24, 2.45) is 5.92 Å². The summed E-state index contributed by atoms with van der Waals surface area (Å²) in [4.78, 5) is 5.06. The van der Waals surface area contributed by atoms with E-state index in [2.05, 4.69) is 59.3 Å². The van der Waals surface area contributed by atoms with E-state index in [0.29, 0.717) is 5.92 Å². The minimum atomic E-state index is 0.284. The van der Waals surface area contributed by atoms with E-state index in [1.165, 1.54) is 27.3 Å². The van der Waals surface area contributed by atoms with E-state index in [9.17, 15) is 5.11 Å². The van der Waals surface area contributed by atoms with Crippen LogP contribution >= 0.6 is 15.9 Å². The lowest BCUT2D eigenvalue weighted by molar-refractivity contribution is 0.476. The van der Waals surface area contributed by atoms with E-state index in [1.807, 2.05) is 12.1 Å². The second-order valence-corrected chi connectivity index (χ2v) is 8.52. The number of hydrogen-bond acceptors (Lipinski definition) is 2. The van der Waals surface area contributed by atoms with Gasteiger partial charge in [0.15, 0.2) is 0 Å². The third-order valence-corrected chi connectivity index (χ3v) is 6.24. The highest BCUT2D eigenvalue weighted by Gasteiger charge is 2.24. The summed E-state index contributed by atoms with van der Waals surface area (Å²) in [5.74, 6) is 0.942. The topological polar surface area (TPSA) is 33.1 Å². The minimum absolute atomic E-state index is 0.284. The van der Waals surface area contributed by atoms with Gasteiger partial charge in [0.05, 0.1) is 11.2 Å². The zero-order chi connectivity index (χ0) is 18.5. The number of phenols is 1. The van der Waals surface area contributed by atoms with Gasteiger partial charge in [-0.25, -0.2) is 4.98 Å². The van der Waals surface area contributed by atoms with Gasteiger partial charge in [-0.3, -0.25) is 0 Å². The number of aromatic nitrogens is 1. The Balaban J connectivity index is 1.91. The van der Waals surface area contributed by atoms with Gasteiger partial charge < -0.3 is 5.11 Å². The molecule has 0 unspecified atom stereocenters. The molecule has 3 heteroatoms. The summed E-state index contributed by atoms with van der Waals surface area (Å²) >= 11 is 3.54. The average molecular weight is 418 g/mol. The first-order chi connectivity index (χ1) is 13.1. The lowest BCUT2D eigenvalue weighted by atomic mass is 9.80. The highest BCUT2D eigenvalue weighted by molar-refractivity contribution is 9.10. The fourth-order valence-corrected chi connectivity index (χ4v) is 4.77. The van der Waals surface area contributed by atoms with Crippen molar-refractivity contribution in [1.82, 2.24) is 4.98 Å². The third kappa shape index (κ3) is 2.72. The number of rotatable bonds is 1. The van der Waals surface area contributed by atoms with Crippen molar-refractivity contribution in [3.8, 4) is 17.0 Å². The van der Waals surface area contributed by atoms with Crippen LogP contribution in [0.1, 0.15) is 24.5 Å². The molecule has 1 aliphatic rings. The number of phenolic OH excluding ortho intramolecular Hbond substituents is 1. The maximum atomic E-state index is 10.5. The number of aromatic hydroxyl groups is 1. The Morgan fingerprint density at radius 3 is 2.78 bits per heavy atom. The molecule has 3 aromatic carbocycles. The molecule has 1 atom stereocenters. The molecule has 1 heterocycles. The molecule has 4 aromatic rings. The number of nitrogens with zero attached hydrogens (tertiary/aromatic N) is 1. The number of pyridine rings is 1. The normalized spacial score (nSPS) is 16.6. The van der Waals surface area contributed by atoms with Gasteiger partial charge in [0.25, 0.3) is 0 Å². The van der Waals surface area contributed by atoms with Gasteiger partial charge in [-0.05, 0) is 71.3 Å². The number of fused-ring (bicyclic) bond motifs is 5. The molecule has 0 saturated carbocycles. The van der Waals surface area contributed by atoms with Crippen LogP contribution in [-0.4, -0.2) is 10.1 Å². The zero-order valence-electron chi connectivity index (χ0n) is 15.2. The highest BCUT2D eigenvalue weighted by atomic mass is 79.9. The molecule has 134 valence electrons. The molecular formula is C24H20BrNO. The predicted octanol–water partition coefficient (Wildman–Crippen LogP) is 6.65. The van der Waals surface area contributed by atoms with Gasteiger partial charge in [0, 0.05) is 15.4 Å². The van der Waals surface area contributed by atoms with Gasteiger partial charge in [-0.2, -0.15) is 0 Å². The van der Waals surface area contributed by atoms with Gasteiger partial charge >= 0.3 is 0 Å². The molecule has 0 saturated heterocycles. The van der Waals surface area contributed by atoms with Crippen LogP contribution in [0.4, 0.5) is 0 Å². The number of halogens is 1. The van der Waals surface area contributed by atoms with Crippen LogP contribution < -0.4 is 0 Å². The Hall–Kier alpha value is -2.39. The fraction of sp³-hybridized carbons (Fsp3) is 0.208. The van der Waals surface area contributed by atoms with Crippen molar-refractivity contribution in [3.63, 3.8) is 0 Å². The maximum Gasteiger partial charge on any atom is 0.125 e. The SMILES string of the molecule is C[C@@H]1CCc2c(-c3cc(Br)ccc3O)nc3ccc4ccccc4c3c2C1. The summed E-state index contributed by atoms with van der Waals surface area (Å²) in [5.41, 5.74) is 5.45. The molecule has 1 N–H and O–H groups in total. The predicted molar refractivity (Wildman–Crippen MR) is 115 cm³/mol. The molecule has 0 bridgehead atoms. The van der Waals surface area contributed by atoms with Gasteiger partial charge in [-0.1, -0.05) is 53.2 Å². The van der Waals surface area contributed by atoms with E-state index in [1.54, 1.807) is 6.07 Å². The van der Waals surface area contributed by atoms with Crippen LogP contribution in [0, 0.1) is 5.92 Å². The number of hydrogen-bond donors (Lipinski definition) is 1. The molecule has 27 heavy (non-hydrogen) atoms. The summed E-state index contributed by atoms with van der Waals surface area (Å²) < 4.78 is 0.952. The van der Waals surface area contributed by atoms with Crippen LogP contribution in [0.3, 0.4) is 0 Å². The Morgan fingerprint density at radius 1 is 1.04 bits per heavy atom. The Kier molecular flexibility index (Phi) is 3.94. The van der Waals surface area contributed by atoms with Crippen LogP contribution in [0.15, 0.2) is 59.1 Å². The first-order valence-corrected chi connectivity index (χ1v) is 10.2. The standard InChI is InChI=1S/C24H20BrNO/c1-14-6-9-18-19(12-14)23-17-5-3-2-4-15(17)7-10-21(23)26-24(18)20-13-16(25)8-11-22(20)27/h2-5,7-8,10-11,13-14,27H,6,9,12H2,1H3/t14-/m1/s1. The zero-order valence-corrected chi connectivity index (χ0v) is 16.8. The monoisotopic (exact) mass is 417 g/mol. The van der Waals surface area contributed by atoms with Crippen molar-refractivity contribution < 1.29 is 5.11 Å². The molecular weight excluding hydrogens is 398 g/mol. The van der Waals surface area contributed by atoms with E-state index in [-0.39, 0.29) is 5.75 Å². The second-order valence-electron chi connectivity index (χ2n) is 7.61. The van der Waals surface area contributed by atoms with Crippen LogP contribution in [0.25, 0.3) is 32.9 Å². The maximum absolute atomic E-state index is 10.5. The van der Waals surface area contributed by atoms with Crippen molar-refractivity contribution in [3.05, 3.63) is 70.2 Å². The summed E-state index contributed by atoms with van der Waals surface area (Å²) in [7, 11) is 0. The molecule has 1 aliphatic carbocycles. The summed E-state index contributed by atoms with van der Waals surface area (Å²) in [6.07, 6.45) is 3.22.